The maximum atomic E-state index is 11.9. The maximum absolute atomic E-state index is 11.9. The largest absolute Gasteiger partial charge is 0.353 e. The van der Waals surface area contributed by atoms with Gasteiger partial charge in [0, 0.05) is 11.3 Å². The molecule has 17 heavy (non-hydrogen) atoms. The molecule has 0 aliphatic heterocycles. The Morgan fingerprint density at radius 3 is 2.06 bits per heavy atom. The van der Waals surface area contributed by atoms with Gasteiger partial charge in [0.2, 0.25) is 5.91 Å². The molecule has 0 rings (SSSR count). The summed E-state index contributed by atoms with van der Waals surface area (Å²) in [6.07, 6.45) is 4.20. The summed E-state index contributed by atoms with van der Waals surface area (Å²) in [7, 11) is 0. The van der Waals surface area contributed by atoms with E-state index in [1.807, 2.05) is 32.5 Å². The van der Waals surface area contributed by atoms with E-state index in [1.54, 1.807) is 0 Å². The Balaban J connectivity index is 4.42. The molecule has 1 amide bonds. The molecule has 0 aromatic heterocycles. The van der Waals surface area contributed by atoms with E-state index >= 15 is 0 Å². The number of hydrogen-bond donors (Lipinski definition) is 2. The summed E-state index contributed by atoms with van der Waals surface area (Å²) >= 11 is 1.82. The van der Waals surface area contributed by atoms with Crippen molar-refractivity contribution in [3.05, 3.63) is 0 Å². The Bertz CT molecular complexity index is 236. The fourth-order valence-electron chi connectivity index (χ4n) is 1.61. The van der Waals surface area contributed by atoms with E-state index in [-0.39, 0.29) is 16.1 Å². The van der Waals surface area contributed by atoms with Crippen LogP contribution in [0.25, 0.3) is 0 Å². The predicted octanol–water partition coefficient (Wildman–Crippen LogP) is 2.40. The Morgan fingerprint density at radius 2 is 1.76 bits per heavy atom. The minimum absolute atomic E-state index is 0.0437. The van der Waals surface area contributed by atoms with Crippen molar-refractivity contribution in [2.45, 2.75) is 58.2 Å². The molecule has 0 aromatic rings. The number of nitrogens with two attached hydrogens (primary N) is 1. The molecule has 102 valence electrons. The normalized spacial score (nSPS) is 14.5. The molecule has 3 nitrogen and oxygen atoms in total. The van der Waals surface area contributed by atoms with Gasteiger partial charge in [0.1, 0.15) is 0 Å². The second-order valence-corrected chi connectivity index (χ2v) is 6.93. The van der Waals surface area contributed by atoms with Gasteiger partial charge in [-0.25, -0.2) is 0 Å². The molecule has 0 bridgehead atoms. The Labute approximate surface area is 110 Å². The molecule has 0 aromatic carbocycles. The van der Waals surface area contributed by atoms with Crippen molar-refractivity contribution in [2.75, 3.05) is 12.8 Å². The molecule has 3 N–H and O–H groups in total. The molecule has 4 heteroatoms. The summed E-state index contributed by atoms with van der Waals surface area (Å²) < 4.78 is 0.146. The van der Waals surface area contributed by atoms with Crippen LogP contribution in [0.1, 0.15) is 47.5 Å². The highest BCUT2D eigenvalue weighted by atomic mass is 32.2. The molecule has 0 fully saturated rings. The smallest absolute Gasteiger partial charge is 0.237 e. The summed E-state index contributed by atoms with van der Waals surface area (Å²) in [5.41, 5.74) is 5.74. The van der Waals surface area contributed by atoms with Crippen molar-refractivity contribution in [1.82, 2.24) is 5.32 Å². The lowest BCUT2D eigenvalue weighted by molar-refractivity contribution is -0.124. The molecular weight excluding hydrogens is 232 g/mol. The van der Waals surface area contributed by atoms with Crippen LogP contribution in [0.5, 0.6) is 0 Å². The Hall–Kier alpha value is -0.220. The lowest BCUT2D eigenvalue weighted by atomic mass is 9.87. The van der Waals surface area contributed by atoms with E-state index in [1.165, 1.54) is 0 Å². The van der Waals surface area contributed by atoms with E-state index in [9.17, 15) is 4.79 Å². The maximum Gasteiger partial charge on any atom is 0.237 e. The summed E-state index contributed by atoms with van der Waals surface area (Å²) in [5.74, 6) is -0.0437. The van der Waals surface area contributed by atoms with Crippen LogP contribution in [0.15, 0.2) is 0 Å². The van der Waals surface area contributed by atoms with Crippen molar-refractivity contribution in [3.8, 4) is 0 Å². The van der Waals surface area contributed by atoms with Crippen LogP contribution in [0, 0.1) is 5.41 Å². The number of carbonyl (C=O) groups excluding carboxylic acids is 1. The summed E-state index contributed by atoms with van der Waals surface area (Å²) in [4.78, 5) is 11.9. The zero-order valence-electron chi connectivity index (χ0n) is 12.1. The average Bonchev–Trinajstić information content (AvgIpc) is 2.29. The second-order valence-electron chi connectivity index (χ2n) is 5.66. The van der Waals surface area contributed by atoms with Gasteiger partial charge in [0.25, 0.3) is 0 Å². The van der Waals surface area contributed by atoms with E-state index in [0.717, 1.165) is 12.8 Å². The quantitative estimate of drug-likeness (QED) is 0.771. The van der Waals surface area contributed by atoms with Gasteiger partial charge in [-0.15, -0.1) is 0 Å². The summed E-state index contributed by atoms with van der Waals surface area (Å²) in [6, 6.07) is -0.448. The van der Waals surface area contributed by atoms with E-state index in [2.05, 4.69) is 25.4 Å². The Morgan fingerprint density at radius 1 is 1.29 bits per heavy atom. The molecular formula is C13H28N2OS. The molecule has 0 saturated heterocycles. The molecule has 1 unspecified atom stereocenters. The number of carbonyl (C=O) groups is 1. The van der Waals surface area contributed by atoms with Crippen LogP contribution in [0.3, 0.4) is 0 Å². The van der Waals surface area contributed by atoms with Gasteiger partial charge in [0.05, 0.1) is 6.04 Å². The van der Waals surface area contributed by atoms with Crippen molar-refractivity contribution in [1.29, 1.82) is 0 Å². The third-order valence-corrected chi connectivity index (χ3v) is 5.11. The van der Waals surface area contributed by atoms with Gasteiger partial charge in [0.15, 0.2) is 0 Å². The van der Waals surface area contributed by atoms with Crippen LogP contribution in [0.2, 0.25) is 0 Å². The van der Waals surface area contributed by atoms with Crippen LogP contribution in [-0.2, 0) is 4.79 Å². The summed E-state index contributed by atoms with van der Waals surface area (Å²) in [6.45, 7) is 11.0. The van der Waals surface area contributed by atoms with Gasteiger partial charge >= 0.3 is 0 Å². The van der Waals surface area contributed by atoms with Crippen LogP contribution in [0.4, 0.5) is 0 Å². The molecule has 0 spiro atoms. The fourth-order valence-corrected chi connectivity index (χ4v) is 2.41. The SMILES string of the molecule is CCC(CC)(CNC(=O)C(N)C(C)(C)C)SC. The van der Waals surface area contributed by atoms with Crippen molar-refractivity contribution >= 4 is 17.7 Å². The van der Waals surface area contributed by atoms with E-state index in [4.69, 9.17) is 5.73 Å². The first-order valence-corrected chi connectivity index (χ1v) is 7.53. The molecule has 0 aliphatic rings. The van der Waals surface area contributed by atoms with Gasteiger partial charge in [-0.05, 0) is 24.5 Å². The molecule has 1 atom stereocenters. The molecule has 0 aliphatic carbocycles. The minimum atomic E-state index is -0.448. The highest BCUT2D eigenvalue weighted by molar-refractivity contribution is 8.00. The van der Waals surface area contributed by atoms with Crippen LogP contribution >= 0.6 is 11.8 Å². The number of nitrogens with one attached hydrogen (secondary N) is 1. The zero-order chi connectivity index (χ0) is 13.7. The van der Waals surface area contributed by atoms with Crippen molar-refractivity contribution in [2.24, 2.45) is 11.1 Å². The first-order chi connectivity index (χ1) is 7.72. The number of rotatable bonds is 6. The number of amides is 1. The van der Waals surface area contributed by atoms with Gasteiger partial charge < -0.3 is 11.1 Å². The number of thioether (sulfide) groups is 1. The molecule has 0 saturated carbocycles. The van der Waals surface area contributed by atoms with E-state index in [0.29, 0.717) is 6.54 Å². The topological polar surface area (TPSA) is 55.1 Å². The van der Waals surface area contributed by atoms with Crippen molar-refractivity contribution in [3.63, 3.8) is 0 Å². The number of hydrogen-bond acceptors (Lipinski definition) is 3. The van der Waals surface area contributed by atoms with Gasteiger partial charge in [-0.3, -0.25) is 4.79 Å². The average molecular weight is 260 g/mol. The first-order valence-electron chi connectivity index (χ1n) is 6.31. The van der Waals surface area contributed by atoms with Gasteiger partial charge in [-0.2, -0.15) is 11.8 Å². The first kappa shape index (κ1) is 16.8. The van der Waals surface area contributed by atoms with E-state index < -0.39 is 6.04 Å². The van der Waals surface area contributed by atoms with Gasteiger partial charge in [-0.1, -0.05) is 34.6 Å². The fraction of sp³-hybridized carbons (Fsp3) is 0.923. The highest BCUT2D eigenvalue weighted by Gasteiger charge is 2.30. The van der Waals surface area contributed by atoms with Crippen molar-refractivity contribution < 1.29 is 4.79 Å². The third-order valence-electron chi connectivity index (χ3n) is 3.52. The van der Waals surface area contributed by atoms with Crippen LogP contribution in [-0.4, -0.2) is 29.5 Å². The minimum Gasteiger partial charge on any atom is -0.353 e. The Kier molecular flexibility index (Phi) is 6.56. The predicted molar refractivity (Wildman–Crippen MR) is 77.3 cm³/mol. The lowest BCUT2D eigenvalue weighted by Gasteiger charge is -2.32. The van der Waals surface area contributed by atoms with Crippen LogP contribution < -0.4 is 11.1 Å². The molecule has 0 heterocycles. The molecule has 0 radical (unpaired) electrons. The third kappa shape index (κ3) is 4.88. The highest BCUT2D eigenvalue weighted by Crippen LogP contribution is 2.29. The standard InChI is InChI=1S/C13H28N2OS/c1-7-13(8-2,17-6)9-15-11(16)10(14)12(3,4)5/h10H,7-9,14H2,1-6H3,(H,15,16). The second kappa shape index (κ2) is 6.64. The monoisotopic (exact) mass is 260 g/mol. The lowest BCUT2D eigenvalue weighted by Crippen LogP contribution is -2.51. The summed E-state index contributed by atoms with van der Waals surface area (Å²) in [5, 5.41) is 3.00. The zero-order valence-corrected chi connectivity index (χ0v) is 12.9.